The summed E-state index contributed by atoms with van der Waals surface area (Å²) in [5.74, 6) is 0. The highest BCUT2D eigenvalue weighted by Gasteiger charge is 2.15. The molecule has 0 aliphatic rings. The molecule has 24 heavy (non-hydrogen) atoms. The fourth-order valence-corrected chi connectivity index (χ4v) is 4.38. The second-order valence-corrected chi connectivity index (χ2v) is 8.25. The fraction of sp³-hybridized carbons (Fsp3) is 0.111. The molecule has 0 aliphatic carbocycles. The smallest absolute Gasteiger partial charge is 0.271 e. The Morgan fingerprint density at radius 3 is 2.17 bits per heavy atom. The van der Waals surface area contributed by atoms with E-state index in [1.807, 2.05) is 30.3 Å². The van der Waals surface area contributed by atoms with Gasteiger partial charge in [-0.1, -0.05) is 36.4 Å². The van der Waals surface area contributed by atoms with Crippen LogP contribution >= 0.6 is 11.3 Å². The van der Waals surface area contributed by atoms with Gasteiger partial charge in [-0.15, -0.1) is 11.3 Å². The van der Waals surface area contributed by atoms with Gasteiger partial charge in [0.1, 0.15) is 4.21 Å². The maximum atomic E-state index is 12.2. The predicted octanol–water partition coefficient (Wildman–Crippen LogP) is 4.72. The number of hydrogen-bond acceptors (Lipinski definition) is 4. The molecule has 1 unspecified atom stereocenters. The van der Waals surface area contributed by atoms with Crippen molar-refractivity contribution in [2.75, 3.05) is 10.0 Å². The van der Waals surface area contributed by atoms with Gasteiger partial charge in [0.2, 0.25) is 0 Å². The normalized spacial score (nSPS) is 12.5. The van der Waals surface area contributed by atoms with E-state index >= 15 is 0 Å². The molecule has 0 saturated heterocycles. The lowest BCUT2D eigenvalue weighted by Crippen LogP contribution is -2.11. The van der Waals surface area contributed by atoms with Crippen LogP contribution in [0.1, 0.15) is 18.5 Å². The van der Waals surface area contributed by atoms with Crippen molar-refractivity contribution < 1.29 is 8.42 Å². The van der Waals surface area contributed by atoms with Gasteiger partial charge in [-0.05, 0) is 48.2 Å². The number of rotatable bonds is 6. The zero-order chi connectivity index (χ0) is 17.0. The molecule has 1 aromatic heterocycles. The molecule has 0 saturated carbocycles. The number of nitrogens with one attached hydrogen (secondary N) is 2. The van der Waals surface area contributed by atoms with Crippen molar-refractivity contribution in [3.63, 3.8) is 0 Å². The highest BCUT2D eigenvalue weighted by atomic mass is 32.2. The Bertz CT molecular complexity index is 875. The lowest BCUT2D eigenvalue weighted by Gasteiger charge is -2.16. The van der Waals surface area contributed by atoms with Crippen molar-refractivity contribution in [1.29, 1.82) is 0 Å². The van der Waals surface area contributed by atoms with E-state index in [2.05, 4.69) is 29.1 Å². The Hall–Kier alpha value is -2.31. The third-order valence-corrected chi connectivity index (χ3v) is 6.36. The highest BCUT2D eigenvalue weighted by Crippen LogP contribution is 2.23. The summed E-state index contributed by atoms with van der Waals surface area (Å²) in [5, 5.41) is 5.14. The molecule has 1 atom stereocenters. The van der Waals surface area contributed by atoms with Crippen LogP contribution in [0.2, 0.25) is 0 Å². The summed E-state index contributed by atoms with van der Waals surface area (Å²) in [5.41, 5.74) is 2.67. The first-order chi connectivity index (χ1) is 11.5. The molecule has 124 valence electrons. The fourth-order valence-electron chi connectivity index (χ4n) is 2.33. The first-order valence-corrected chi connectivity index (χ1v) is 9.89. The van der Waals surface area contributed by atoms with E-state index in [0.29, 0.717) is 9.90 Å². The second-order valence-electron chi connectivity index (χ2n) is 5.39. The van der Waals surface area contributed by atoms with Crippen LogP contribution in [0.3, 0.4) is 0 Å². The van der Waals surface area contributed by atoms with Gasteiger partial charge in [-0.3, -0.25) is 4.72 Å². The Kier molecular flexibility index (Phi) is 4.87. The van der Waals surface area contributed by atoms with Crippen LogP contribution in [0.15, 0.2) is 76.3 Å². The van der Waals surface area contributed by atoms with Gasteiger partial charge in [0.25, 0.3) is 10.0 Å². The molecule has 0 bridgehead atoms. The molecule has 2 aromatic carbocycles. The van der Waals surface area contributed by atoms with Gasteiger partial charge in [0.05, 0.1) is 0 Å². The summed E-state index contributed by atoms with van der Waals surface area (Å²) < 4.78 is 27.3. The minimum absolute atomic E-state index is 0.167. The van der Waals surface area contributed by atoms with Gasteiger partial charge in [-0.2, -0.15) is 0 Å². The molecule has 3 rings (SSSR count). The summed E-state index contributed by atoms with van der Waals surface area (Å²) in [7, 11) is -3.50. The number of hydrogen-bond donors (Lipinski definition) is 2. The maximum Gasteiger partial charge on any atom is 0.271 e. The van der Waals surface area contributed by atoms with Crippen molar-refractivity contribution in [2.45, 2.75) is 17.2 Å². The number of thiophene rings is 1. The topological polar surface area (TPSA) is 58.2 Å². The second kappa shape index (κ2) is 7.07. The van der Waals surface area contributed by atoms with Crippen molar-refractivity contribution in [2.24, 2.45) is 0 Å². The Morgan fingerprint density at radius 2 is 1.54 bits per heavy atom. The third-order valence-electron chi connectivity index (χ3n) is 3.58. The van der Waals surface area contributed by atoms with Gasteiger partial charge in [-0.25, -0.2) is 8.42 Å². The first kappa shape index (κ1) is 16.5. The van der Waals surface area contributed by atoms with Crippen LogP contribution in [0.4, 0.5) is 11.4 Å². The Balaban J connectivity index is 1.68. The van der Waals surface area contributed by atoms with E-state index in [0.717, 1.165) is 5.69 Å². The minimum atomic E-state index is -3.50. The molecular weight excluding hydrogens is 340 g/mol. The number of sulfonamides is 1. The Labute approximate surface area is 146 Å². The van der Waals surface area contributed by atoms with Gasteiger partial charge >= 0.3 is 0 Å². The molecule has 0 aliphatic heterocycles. The van der Waals surface area contributed by atoms with Crippen LogP contribution < -0.4 is 10.0 Å². The lowest BCUT2D eigenvalue weighted by atomic mass is 10.1. The minimum Gasteiger partial charge on any atom is -0.379 e. The van der Waals surface area contributed by atoms with Crippen molar-refractivity contribution in [3.8, 4) is 0 Å². The molecule has 4 nitrogen and oxygen atoms in total. The van der Waals surface area contributed by atoms with Crippen LogP contribution in [0.5, 0.6) is 0 Å². The van der Waals surface area contributed by atoms with Crippen molar-refractivity contribution >= 4 is 32.7 Å². The predicted molar refractivity (Wildman–Crippen MR) is 100 cm³/mol. The van der Waals surface area contributed by atoms with Gasteiger partial charge in [0, 0.05) is 17.4 Å². The van der Waals surface area contributed by atoms with Gasteiger partial charge < -0.3 is 5.32 Å². The summed E-state index contributed by atoms with van der Waals surface area (Å²) in [6.07, 6.45) is 0. The average Bonchev–Trinajstić information content (AvgIpc) is 3.13. The van der Waals surface area contributed by atoms with Crippen molar-refractivity contribution in [3.05, 3.63) is 77.7 Å². The highest BCUT2D eigenvalue weighted by molar-refractivity contribution is 7.94. The van der Waals surface area contributed by atoms with Crippen molar-refractivity contribution in [1.82, 2.24) is 0 Å². The molecule has 2 N–H and O–H groups in total. The zero-order valence-electron chi connectivity index (χ0n) is 13.1. The third kappa shape index (κ3) is 3.96. The van der Waals surface area contributed by atoms with Crippen LogP contribution in [-0.4, -0.2) is 8.42 Å². The summed E-state index contributed by atoms with van der Waals surface area (Å²) in [6.45, 7) is 2.09. The largest absolute Gasteiger partial charge is 0.379 e. The van der Waals surface area contributed by atoms with E-state index in [1.54, 1.807) is 29.6 Å². The number of anilines is 2. The first-order valence-electron chi connectivity index (χ1n) is 7.52. The maximum absolute atomic E-state index is 12.2. The van der Waals surface area contributed by atoms with Crippen LogP contribution in [-0.2, 0) is 10.0 Å². The molecule has 6 heteroatoms. The lowest BCUT2D eigenvalue weighted by molar-refractivity contribution is 0.603. The number of benzene rings is 2. The summed E-state index contributed by atoms with van der Waals surface area (Å²) >= 11 is 1.20. The van der Waals surface area contributed by atoms with Crippen LogP contribution in [0, 0.1) is 0 Å². The summed E-state index contributed by atoms with van der Waals surface area (Å²) in [6, 6.07) is 20.9. The van der Waals surface area contributed by atoms with Gasteiger partial charge in [0.15, 0.2) is 0 Å². The quantitative estimate of drug-likeness (QED) is 0.670. The molecule has 0 radical (unpaired) electrons. The van der Waals surface area contributed by atoms with E-state index in [1.165, 1.54) is 16.9 Å². The average molecular weight is 358 g/mol. The van der Waals surface area contributed by atoms with E-state index < -0.39 is 10.0 Å². The van der Waals surface area contributed by atoms with E-state index in [-0.39, 0.29) is 6.04 Å². The SMILES string of the molecule is CC(Nc1ccc(NS(=O)(=O)c2cccs2)cc1)c1ccccc1. The molecule has 0 amide bonds. The molecule has 1 heterocycles. The molecule has 3 aromatic rings. The standard InChI is InChI=1S/C18H18N2O2S2/c1-14(15-6-3-2-4-7-15)19-16-9-11-17(12-10-16)20-24(21,22)18-8-5-13-23-18/h2-14,19-20H,1H3. The van der Waals surface area contributed by atoms with Crippen LogP contribution in [0.25, 0.3) is 0 Å². The molecule has 0 spiro atoms. The molecule has 0 fully saturated rings. The zero-order valence-corrected chi connectivity index (χ0v) is 14.8. The van der Waals surface area contributed by atoms with E-state index in [4.69, 9.17) is 0 Å². The van der Waals surface area contributed by atoms with E-state index in [9.17, 15) is 8.42 Å². The Morgan fingerprint density at radius 1 is 0.875 bits per heavy atom. The monoisotopic (exact) mass is 358 g/mol. The summed E-state index contributed by atoms with van der Waals surface area (Å²) in [4.78, 5) is 0. The molecular formula is C18H18N2O2S2.